The first-order chi connectivity index (χ1) is 13.3. The van der Waals surface area contributed by atoms with E-state index in [2.05, 4.69) is 15.6 Å². The van der Waals surface area contributed by atoms with Gasteiger partial charge >= 0.3 is 5.69 Å². The van der Waals surface area contributed by atoms with Gasteiger partial charge in [-0.25, -0.2) is 13.6 Å². The molecule has 1 saturated heterocycles. The molecule has 0 radical (unpaired) electrons. The number of rotatable bonds is 4. The molecule has 10 heteroatoms. The van der Waals surface area contributed by atoms with Crippen LogP contribution in [0.25, 0.3) is 10.9 Å². The number of H-pyrrole nitrogens is 1. The Morgan fingerprint density at radius 3 is 2.89 bits per heavy atom. The average molecular weight is 391 g/mol. The van der Waals surface area contributed by atoms with E-state index in [4.69, 9.17) is 5.26 Å². The van der Waals surface area contributed by atoms with Crippen molar-refractivity contribution in [2.24, 2.45) is 5.92 Å². The van der Waals surface area contributed by atoms with E-state index in [-0.39, 0.29) is 17.3 Å². The highest BCUT2D eigenvalue weighted by Crippen LogP contribution is 2.19. The number of hydrogen-bond acceptors (Lipinski definition) is 5. The number of piperidine rings is 1. The number of nitrogens with zero attached hydrogens (tertiary/aromatic N) is 2. The van der Waals surface area contributed by atoms with E-state index >= 15 is 0 Å². The topological polar surface area (TPSA) is 120 Å². The SMILES string of the molecule is C[C@@H](NC(=O)Cn1c(=O)[nH]c2ccc(F)cc2c1=O)C1NCC(C#N)CC1F. The minimum absolute atomic E-state index is 0.0548. The Labute approximate surface area is 158 Å². The molecule has 148 valence electrons. The first-order valence-corrected chi connectivity index (χ1v) is 8.79. The van der Waals surface area contributed by atoms with Crippen LogP contribution >= 0.6 is 0 Å². The summed E-state index contributed by atoms with van der Waals surface area (Å²) in [6, 6.07) is 4.05. The number of aromatic nitrogens is 2. The van der Waals surface area contributed by atoms with E-state index < -0.39 is 53.7 Å². The van der Waals surface area contributed by atoms with Crippen LogP contribution in [-0.2, 0) is 11.3 Å². The molecule has 0 spiro atoms. The zero-order chi connectivity index (χ0) is 20.4. The number of carbonyl (C=O) groups excluding carboxylic acids is 1. The summed E-state index contributed by atoms with van der Waals surface area (Å²) < 4.78 is 28.3. The molecule has 3 N–H and O–H groups in total. The maximum Gasteiger partial charge on any atom is 0.329 e. The van der Waals surface area contributed by atoms with Gasteiger partial charge in [0, 0.05) is 12.6 Å². The lowest BCUT2D eigenvalue weighted by molar-refractivity contribution is -0.122. The minimum Gasteiger partial charge on any atom is -0.350 e. The summed E-state index contributed by atoms with van der Waals surface area (Å²) in [5.41, 5.74) is -1.43. The molecular formula is C18H19F2N5O3. The molecule has 28 heavy (non-hydrogen) atoms. The Morgan fingerprint density at radius 2 is 2.21 bits per heavy atom. The van der Waals surface area contributed by atoms with Crippen molar-refractivity contribution in [3.63, 3.8) is 0 Å². The predicted octanol–water partition coefficient (Wildman–Crippen LogP) is 0.173. The number of alkyl halides is 1. The summed E-state index contributed by atoms with van der Waals surface area (Å²) in [4.78, 5) is 39.3. The first kappa shape index (κ1) is 19.7. The van der Waals surface area contributed by atoms with Crippen LogP contribution in [0.4, 0.5) is 8.78 Å². The largest absolute Gasteiger partial charge is 0.350 e. The van der Waals surface area contributed by atoms with Gasteiger partial charge in [-0.2, -0.15) is 5.26 Å². The van der Waals surface area contributed by atoms with E-state index in [0.29, 0.717) is 11.1 Å². The predicted molar refractivity (Wildman–Crippen MR) is 96.8 cm³/mol. The van der Waals surface area contributed by atoms with Crippen molar-refractivity contribution < 1.29 is 13.6 Å². The maximum absolute atomic E-state index is 14.2. The smallest absolute Gasteiger partial charge is 0.329 e. The normalized spacial score (nSPS) is 23.1. The van der Waals surface area contributed by atoms with E-state index in [1.54, 1.807) is 6.92 Å². The summed E-state index contributed by atoms with van der Waals surface area (Å²) in [5.74, 6) is -1.73. The molecule has 1 fully saturated rings. The van der Waals surface area contributed by atoms with Crippen LogP contribution in [-0.4, -0.2) is 40.3 Å². The molecule has 0 aliphatic carbocycles. The van der Waals surface area contributed by atoms with Gasteiger partial charge in [-0.3, -0.25) is 14.2 Å². The highest BCUT2D eigenvalue weighted by Gasteiger charge is 2.34. The lowest BCUT2D eigenvalue weighted by Crippen LogP contribution is -2.57. The first-order valence-electron chi connectivity index (χ1n) is 8.79. The van der Waals surface area contributed by atoms with Crippen LogP contribution in [0.3, 0.4) is 0 Å². The van der Waals surface area contributed by atoms with E-state index in [1.807, 2.05) is 6.07 Å². The van der Waals surface area contributed by atoms with E-state index in [1.165, 1.54) is 6.07 Å². The average Bonchev–Trinajstić information content (AvgIpc) is 2.65. The Kier molecular flexibility index (Phi) is 5.56. The lowest BCUT2D eigenvalue weighted by Gasteiger charge is -2.34. The van der Waals surface area contributed by atoms with Gasteiger partial charge in [-0.05, 0) is 31.5 Å². The third-order valence-corrected chi connectivity index (χ3v) is 4.85. The van der Waals surface area contributed by atoms with Crippen molar-refractivity contribution in [3.8, 4) is 6.07 Å². The Morgan fingerprint density at radius 1 is 1.46 bits per heavy atom. The van der Waals surface area contributed by atoms with Crippen molar-refractivity contribution in [3.05, 3.63) is 44.9 Å². The van der Waals surface area contributed by atoms with Gasteiger partial charge < -0.3 is 15.6 Å². The maximum atomic E-state index is 14.2. The van der Waals surface area contributed by atoms with Gasteiger partial charge in [0.1, 0.15) is 18.5 Å². The summed E-state index contributed by atoms with van der Waals surface area (Å²) in [7, 11) is 0. The fraction of sp³-hybridized carbons (Fsp3) is 0.444. The Hall–Kier alpha value is -3.06. The van der Waals surface area contributed by atoms with Gasteiger partial charge in [0.05, 0.1) is 28.9 Å². The van der Waals surface area contributed by atoms with Crippen molar-refractivity contribution in [1.29, 1.82) is 5.26 Å². The molecule has 2 aromatic rings. The molecule has 3 rings (SSSR count). The van der Waals surface area contributed by atoms with E-state index in [9.17, 15) is 23.2 Å². The van der Waals surface area contributed by atoms with E-state index in [0.717, 1.165) is 12.1 Å². The number of benzene rings is 1. The van der Waals surface area contributed by atoms with Crippen LogP contribution in [0.1, 0.15) is 13.3 Å². The number of aromatic amines is 1. The molecular weight excluding hydrogens is 372 g/mol. The standard InChI is InChI=1S/C18H19F2N5O3/c1-9(16-13(20)4-10(6-21)7-22-16)23-15(26)8-25-17(27)12-5-11(19)2-3-14(12)24-18(25)28/h2-3,5,9-10,13,16,22H,4,7-8H2,1H3,(H,23,26)(H,24,28)/t9-,10?,13?,16?/m1/s1. The number of amides is 1. The molecule has 3 unspecified atom stereocenters. The van der Waals surface area contributed by atoms with Gasteiger partial charge in [0.15, 0.2) is 0 Å². The van der Waals surface area contributed by atoms with Crippen molar-refractivity contribution >= 4 is 16.8 Å². The number of nitriles is 1. The van der Waals surface area contributed by atoms with Gasteiger partial charge in [0.25, 0.3) is 5.56 Å². The molecule has 1 aromatic heterocycles. The molecule has 1 aliphatic heterocycles. The number of halogens is 2. The molecule has 1 aromatic carbocycles. The number of fused-ring (bicyclic) bond motifs is 1. The fourth-order valence-corrected chi connectivity index (χ4v) is 3.40. The Bertz CT molecular complexity index is 1060. The lowest BCUT2D eigenvalue weighted by atomic mass is 9.90. The second-order valence-electron chi connectivity index (χ2n) is 6.88. The van der Waals surface area contributed by atoms with Gasteiger partial charge in [0.2, 0.25) is 5.91 Å². The molecule has 4 atom stereocenters. The minimum atomic E-state index is -1.32. The number of carbonyl (C=O) groups is 1. The zero-order valence-electron chi connectivity index (χ0n) is 15.0. The molecule has 0 bridgehead atoms. The summed E-state index contributed by atoms with van der Waals surface area (Å²) in [6.07, 6.45) is -1.24. The van der Waals surface area contributed by atoms with Crippen LogP contribution in [0, 0.1) is 23.1 Å². The summed E-state index contributed by atoms with van der Waals surface area (Å²) in [6.45, 7) is 1.32. The zero-order valence-corrected chi connectivity index (χ0v) is 15.0. The molecule has 1 aliphatic rings. The highest BCUT2D eigenvalue weighted by atomic mass is 19.1. The van der Waals surface area contributed by atoms with Crippen molar-refractivity contribution in [2.45, 2.75) is 38.1 Å². The quantitative estimate of drug-likeness (QED) is 0.687. The van der Waals surface area contributed by atoms with Crippen molar-refractivity contribution in [1.82, 2.24) is 20.2 Å². The van der Waals surface area contributed by atoms with Crippen LogP contribution in [0.2, 0.25) is 0 Å². The molecule has 1 amide bonds. The van der Waals surface area contributed by atoms with Crippen LogP contribution < -0.4 is 21.9 Å². The second kappa shape index (κ2) is 7.90. The third-order valence-electron chi connectivity index (χ3n) is 4.85. The van der Waals surface area contributed by atoms with Crippen molar-refractivity contribution in [2.75, 3.05) is 6.54 Å². The number of hydrogen-bond donors (Lipinski definition) is 3. The highest BCUT2D eigenvalue weighted by molar-refractivity contribution is 5.79. The van der Waals surface area contributed by atoms with Crippen LogP contribution in [0.5, 0.6) is 0 Å². The second-order valence-corrected chi connectivity index (χ2v) is 6.88. The monoisotopic (exact) mass is 391 g/mol. The molecule has 0 saturated carbocycles. The molecule has 8 nitrogen and oxygen atoms in total. The number of nitrogens with one attached hydrogen (secondary N) is 3. The van der Waals surface area contributed by atoms with Crippen LogP contribution in [0.15, 0.2) is 27.8 Å². The third kappa shape index (κ3) is 3.94. The molecule has 2 heterocycles. The fourth-order valence-electron chi connectivity index (χ4n) is 3.40. The Balaban J connectivity index is 1.74. The van der Waals surface area contributed by atoms with Gasteiger partial charge in [-0.15, -0.1) is 0 Å². The summed E-state index contributed by atoms with van der Waals surface area (Å²) >= 11 is 0. The van der Waals surface area contributed by atoms with Gasteiger partial charge in [-0.1, -0.05) is 0 Å². The summed E-state index contributed by atoms with van der Waals surface area (Å²) in [5, 5.41) is 14.3.